The van der Waals surface area contributed by atoms with Crippen LogP contribution in [0.2, 0.25) is 0 Å². The quantitative estimate of drug-likeness (QED) is 0.736. The number of thioether (sulfide) groups is 1. The van der Waals surface area contributed by atoms with Gasteiger partial charge in [0.2, 0.25) is 0 Å². The summed E-state index contributed by atoms with van der Waals surface area (Å²) in [6.07, 6.45) is 3.45. The van der Waals surface area contributed by atoms with E-state index < -0.39 is 0 Å². The summed E-state index contributed by atoms with van der Waals surface area (Å²) < 4.78 is 7.10. The van der Waals surface area contributed by atoms with Crippen molar-refractivity contribution in [2.24, 2.45) is 0 Å². The molecule has 6 nitrogen and oxygen atoms in total. The van der Waals surface area contributed by atoms with Gasteiger partial charge >= 0.3 is 0 Å². The van der Waals surface area contributed by atoms with E-state index in [0.717, 1.165) is 47.3 Å². The summed E-state index contributed by atoms with van der Waals surface area (Å²) in [6.45, 7) is 2.01. The van der Waals surface area contributed by atoms with Gasteiger partial charge in [0.1, 0.15) is 17.9 Å². The molecule has 0 atom stereocenters. The van der Waals surface area contributed by atoms with E-state index in [9.17, 15) is 0 Å². The normalized spacial score (nSPS) is 15.1. The lowest BCUT2D eigenvalue weighted by molar-refractivity contribution is 0.415. The van der Waals surface area contributed by atoms with E-state index in [-0.39, 0.29) is 0 Å². The zero-order valence-corrected chi connectivity index (χ0v) is 13.7. The zero-order valence-electron chi connectivity index (χ0n) is 12.8. The van der Waals surface area contributed by atoms with Crippen LogP contribution in [-0.2, 0) is 0 Å². The Hall–Kier alpha value is -2.28. The first kappa shape index (κ1) is 14.3. The average Bonchev–Trinajstić information content (AvgIpc) is 3.10. The summed E-state index contributed by atoms with van der Waals surface area (Å²) in [5, 5.41) is 4.38. The highest BCUT2D eigenvalue weighted by atomic mass is 32.2. The van der Waals surface area contributed by atoms with Crippen molar-refractivity contribution in [1.29, 1.82) is 0 Å². The molecule has 0 N–H and O–H groups in total. The van der Waals surface area contributed by atoms with E-state index in [2.05, 4.69) is 32.1 Å². The van der Waals surface area contributed by atoms with Crippen LogP contribution in [0.3, 0.4) is 0 Å². The molecular weight excluding hydrogens is 310 g/mol. The highest BCUT2D eigenvalue weighted by molar-refractivity contribution is 7.99. The molecule has 0 radical (unpaired) electrons. The number of rotatable bonds is 3. The third kappa shape index (κ3) is 2.61. The number of methoxy groups -OCH3 is 1. The van der Waals surface area contributed by atoms with Crippen LogP contribution in [-0.4, -0.2) is 51.3 Å². The number of benzene rings is 1. The largest absolute Gasteiger partial charge is 0.497 e. The van der Waals surface area contributed by atoms with Gasteiger partial charge in [0.25, 0.3) is 5.78 Å². The van der Waals surface area contributed by atoms with Crippen LogP contribution in [0.5, 0.6) is 5.75 Å². The summed E-state index contributed by atoms with van der Waals surface area (Å²) in [5.74, 6) is 4.80. The van der Waals surface area contributed by atoms with E-state index in [1.807, 2.05) is 34.6 Å². The van der Waals surface area contributed by atoms with Gasteiger partial charge in [0.15, 0.2) is 0 Å². The molecule has 0 bridgehead atoms. The molecule has 2 aromatic heterocycles. The second-order valence-electron chi connectivity index (χ2n) is 5.30. The van der Waals surface area contributed by atoms with Gasteiger partial charge in [0, 0.05) is 36.4 Å². The van der Waals surface area contributed by atoms with Crippen molar-refractivity contribution in [3.05, 3.63) is 36.8 Å². The lowest BCUT2D eigenvalue weighted by Gasteiger charge is -2.30. The number of ether oxygens (including phenoxy) is 1. The molecular formula is C16H17N5OS. The molecule has 0 saturated carbocycles. The number of aromatic nitrogens is 4. The first-order valence-electron chi connectivity index (χ1n) is 7.52. The Morgan fingerprint density at radius 2 is 1.87 bits per heavy atom. The molecule has 1 saturated heterocycles. The summed E-state index contributed by atoms with van der Waals surface area (Å²) in [5.41, 5.74) is 2.17. The summed E-state index contributed by atoms with van der Waals surface area (Å²) >= 11 is 1.99. The Morgan fingerprint density at radius 3 is 2.61 bits per heavy atom. The van der Waals surface area contributed by atoms with Gasteiger partial charge in [-0.25, -0.2) is 4.98 Å². The predicted molar refractivity (Wildman–Crippen MR) is 92.3 cm³/mol. The van der Waals surface area contributed by atoms with E-state index in [1.54, 1.807) is 13.4 Å². The lowest BCUT2D eigenvalue weighted by Crippen LogP contribution is -2.34. The van der Waals surface area contributed by atoms with Gasteiger partial charge in [-0.05, 0) is 17.7 Å². The zero-order chi connectivity index (χ0) is 15.6. The fourth-order valence-corrected chi connectivity index (χ4v) is 3.72. The van der Waals surface area contributed by atoms with Crippen LogP contribution in [0, 0.1) is 0 Å². The first-order chi connectivity index (χ1) is 11.4. The van der Waals surface area contributed by atoms with Crippen molar-refractivity contribution < 1.29 is 4.74 Å². The average molecular weight is 327 g/mol. The molecule has 23 heavy (non-hydrogen) atoms. The summed E-state index contributed by atoms with van der Waals surface area (Å²) in [4.78, 5) is 11.0. The van der Waals surface area contributed by atoms with E-state index in [1.165, 1.54) is 0 Å². The third-order valence-corrected chi connectivity index (χ3v) is 4.93. The van der Waals surface area contributed by atoms with Crippen LogP contribution in [0.1, 0.15) is 0 Å². The lowest BCUT2D eigenvalue weighted by atomic mass is 10.1. The molecule has 1 fully saturated rings. The molecule has 0 unspecified atom stereocenters. The Kier molecular flexibility index (Phi) is 3.78. The monoisotopic (exact) mass is 327 g/mol. The van der Waals surface area contributed by atoms with Gasteiger partial charge in [-0.15, -0.1) is 0 Å². The Morgan fingerprint density at radius 1 is 1.09 bits per heavy atom. The standard InChI is InChI=1S/C16H17N5OS/c1-22-13-4-2-12(3-5-13)14-10-17-16-18-11-19-21(16)15(14)20-6-8-23-9-7-20/h2-5,10-11H,6-9H2,1H3. The Labute approximate surface area is 138 Å². The number of hydrogen-bond donors (Lipinski definition) is 0. The van der Waals surface area contributed by atoms with Gasteiger partial charge in [-0.2, -0.15) is 26.4 Å². The minimum Gasteiger partial charge on any atom is -0.497 e. The second kappa shape index (κ2) is 6.08. The van der Waals surface area contributed by atoms with Crippen molar-refractivity contribution in [2.75, 3.05) is 36.6 Å². The highest BCUT2D eigenvalue weighted by Gasteiger charge is 2.20. The molecule has 1 aliphatic rings. The fourth-order valence-electron chi connectivity index (χ4n) is 2.82. The molecule has 7 heteroatoms. The van der Waals surface area contributed by atoms with Gasteiger partial charge in [-0.3, -0.25) is 0 Å². The van der Waals surface area contributed by atoms with Crippen LogP contribution in [0.4, 0.5) is 5.82 Å². The molecule has 0 spiro atoms. The minimum absolute atomic E-state index is 0.635. The van der Waals surface area contributed by atoms with E-state index >= 15 is 0 Å². The topological polar surface area (TPSA) is 55.6 Å². The van der Waals surface area contributed by atoms with E-state index in [0.29, 0.717) is 5.78 Å². The maximum absolute atomic E-state index is 5.25. The molecule has 118 valence electrons. The minimum atomic E-state index is 0.635. The van der Waals surface area contributed by atoms with Crippen molar-refractivity contribution in [1.82, 2.24) is 19.6 Å². The number of hydrogen-bond acceptors (Lipinski definition) is 6. The second-order valence-corrected chi connectivity index (χ2v) is 6.52. The van der Waals surface area contributed by atoms with Crippen molar-refractivity contribution in [3.8, 4) is 16.9 Å². The van der Waals surface area contributed by atoms with Crippen LogP contribution >= 0.6 is 11.8 Å². The molecule has 1 aliphatic heterocycles. The molecule has 0 amide bonds. The first-order valence-corrected chi connectivity index (χ1v) is 8.68. The highest BCUT2D eigenvalue weighted by Crippen LogP contribution is 2.32. The molecule has 4 rings (SSSR count). The van der Waals surface area contributed by atoms with Gasteiger partial charge in [-0.1, -0.05) is 12.1 Å². The van der Waals surface area contributed by atoms with E-state index in [4.69, 9.17) is 4.74 Å². The van der Waals surface area contributed by atoms with Crippen molar-refractivity contribution in [2.45, 2.75) is 0 Å². The fraction of sp³-hybridized carbons (Fsp3) is 0.312. The Bertz CT molecular complexity index is 811. The van der Waals surface area contributed by atoms with Crippen LogP contribution in [0.25, 0.3) is 16.9 Å². The summed E-state index contributed by atoms with van der Waals surface area (Å²) in [7, 11) is 1.68. The number of anilines is 1. The maximum atomic E-state index is 5.25. The summed E-state index contributed by atoms with van der Waals surface area (Å²) in [6, 6.07) is 8.05. The third-order valence-electron chi connectivity index (χ3n) is 3.99. The van der Waals surface area contributed by atoms with Crippen LogP contribution in [0.15, 0.2) is 36.8 Å². The molecule has 3 heterocycles. The predicted octanol–water partition coefficient (Wildman–Crippen LogP) is 2.35. The van der Waals surface area contributed by atoms with Crippen molar-refractivity contribution >= 4 is 23.4 Å². The van der Waals surface area contributed by atoms with Crippen molar-refractivity contribution in [3.63, 3.8) is 0 Å². The van der Waals surface area contributed by atoms with Gasteiger partial charge < -0.3 is 9.64 Å². The Balaban J connectivity index is 1.87. The molecule has 0 aliphatic carbocycles. The SMILES string of the molecule is COc1ccc(-c2cnc3ncnn3c2N2CCSCC2)cc1. The van der Waals surface area contributed by atoms with Gasteiger partial charge in [0.05, 0.1) is 7.11 Å². The molecule has 1 aromatic carbocycles. The molecule has 3 aromatic rings. The smallest absolute Gasteiger partial charge is 0.254 e. The number of fused-ring (bicyclic) bond motifs is 1. The number of nitrogens with zero attached hydrogens (tertiary/aromatic N) is 5. The maximum Gasteiger partial charge on any atom is 0.254 e. The van der Waals surface area contributed by atoms with Crippen LogP contribution < -0.4 is 9.64 Å².